The minimum atomic E-state index is 0.203. The van der Waals surface area contributed by atoms with Crippen molar-refractivity contribution in [3.63, 3.8) is 0 Å². The molecule has 1 aromatic heterocycles. The van der Waals surface area contributed by atoms with Crippen molar-refractivity contribution in [3.05, 3.63) is 30.6 Å². The van der Waals surface area contributed by atoms with Crippen LogP contribution in [0, 0.1) is 5.41 Å². The summed E-state index contributed by atoms with van der Waals surface area (Å²) in [5, 5.41) is 9.68. The highest BCUT2D eigenvalue weighted by Gasteiger charge is 2.20. The first-order valence-corrected chi connectivity index (χ1v) is 5.16. The highest BCUT2D eigenvalue weighted by molar-refractivity contribution is 5.70. The monoisotopic (exact) mass is 205 g/mol. The largest absolute Gasteiger partial charge is 0.350 e. The zero-order valence-corrected chi connectivity index (χ0v) is 9.44. The molecule has 0 amide bonds. The number of hydrogen-bond donors (Lipinski definition) is 1. The lowest BCUT2D eigenvalue weighted by molar-refractivity contribution is -0.685. The fourth-order valence-corrected chi connectivity index (χ4v) is 1.79. The van der Waals surface area contributed by atoms with Crippen molar-refractivity contribution in [3.8, 4) is 0 Å². The Bertz CT molecular complexity index is 480. The molecule has 3 nitrogen and oxygen atoms in total. The van der Waals surface area contributed by atoms with E-state index in [2.05, 4.69) is 25.3 Å². The summed E-state index contributed by atoms with van der Waals surface area (Å²) in [4.78, 5) is 0. The predicted octanol–water partition coefficient (Wildman–Crippen LogP) is 2.21. The third-order valence-electron chi connectivity index (χ3n) is 2.33. The molecule has 2 aromatic rings. The van der Waals surface area contributed by atoms with Gasteiger partial charge in [0.25, 0.3) is 6.33 Å². The van der Waals surface area contributed by atoms with Crippen LogP contribution in [-0.4, -0.2) is 9.94 Å². The van der Waals surface area contributed by atoms with Crippen LogP contribution in [0.2, 0.25) is 0 Å². The molecule has 0 bridgehead atoms. The highest BCUT2D eigenvalue weighted by atomic mass is 16.5. The minimum Gasteiger partial charge on any atom is -0.350 e. The molecule has 0 atom stereocenters. The van der Waals surface area contributed by atoms with Gasteiger partial charge < -0.3 is 5.21 Å². The van der Waals surface area contributed by atoms with Crippen molar-refractivity contribution in [1.82, 2.24) is 4.73 Å². The van der Waals surface area contributed by atoms with Crippen LogP contribution < -0.4 is 4.57 Å². The molecule has 3 heteroatoms. The van der Waals surface area contributed by atoms with Crippen LogP contribution >= 0.6 is 0 Å². The lowest BCUT2D eigenvalue weighted by Gasteiger charge is -2.14. The number of hydrogen-bond acceptors (Lipinski definition) is 1. The van der Waals surface area contributed by atoms with Crippen LogP contribution in [0.15, 0.2) is 30.6 Å². The van der Waals surface area contributed by atoms with E-state index in [0.717, 1.165) is 17.6 Å². The number of nitrogens with zero attached hydrogens (tertiary/aromatic N) is 2. The van der Waals surface area contributed by atoms with E-state index in [1.165, 1.54) is 4.73 Å². The number of benzene rings is 1. The summed E-state index contributed by atoms with van der Waals surface area (Å²) in [5.74, 6) is 0. The number of rotatable bonds is 1. The van der Waals surface area contributed by atoms with Crippen LogP contribution in [0.1, 0.15) is 20.8 Å². The Hall–Kier alpha value is -1.51. The molecule has 1 N–H and O–H groups in total. The summed E-state index contributed by atoms with van der Waals surface area (Å²) in [7, 11) is 0. The lowest BCUT2D eigenvalue weighted by Crippen LogP contribution is -2.39. The fraction of sp³-hybridized carbons (Fsp3) is 0.417. The van der Waals surface area contributed by atoms with Crippen molar-refractivity contribution in [2.45, 2.75) is 27.3 Å². The topological polar surface area (TPSA) is 29.0 Å². The standard InChI is InChI=1S/C12H17N2O/c1-12(2,3)8-13-9-14(15)11-7-5-4-6-10(11)13/h4-7,9,15H,8H2,1-3H3/q+1. The molecule has 0 unspecified atom stereocenters. The first-order valence-electron chi connectivity index (χ1n) is 5.16. The summed E-state index contributed by atoms with van der Waals surface area (Å²) in [6, 6.07) is 7.85. The maximum atomic E-state index is 9.68. The maximum Gasteiger partial charge on any atom is 0.285 e. The Labute approximate surface area is 89.5 Å². The van der Waals surface area contributed by atoms with E-state index in [1.54, 1.807) is 6.33 Å². The van der Waals surface area contributed by atoms with Gasteiger partial charge in [-0.15, -0.1) is 0 Å². The summed E-state index contributed by atoms with van der Waals surface area (Å²) in [6.45, 7) is 7.44. The van der Waals surface area contributed by atoms with Gasteiger partial charge in [-0.2, -0.15) is 0 Å². The van der Waals surface area contributed by atoms with E-state index in [9.17, 15) is 5.21 Å². The van der Waals surface area contributed by atoms with Gasteiger partial charge in [-0.3, -0.25) is 0 Å². The van der Waals surface area contributed by atoms with Crippen LogP contribution in [0.3, 0.4) is 0 Å². The molecule has 1 aromatic carbocycles. The Morgan fingerprint density at radius 2 is 1.93 bits per heavy atom. The van der Waals surface area contributed by atoms with Gasteiger partial charge in [-0.1, -0.05) is 32.9 Å². The molecule has 0 saturated carbocycles. The van der Waals surface area contributed by atoms with Crippen molar-refractivity contribution in [2.75, 3.05) is 0 Å². The molecule has 0 aliphatic rings. The number of aromatic nitrogens is 2. The Balaban J connectivity index is 2.53. The van der Waals surface area contributed by atoms with Gasteiger partial charge >= 0.3 is 0 Å². The molecule has 0 fully saturated rings. The van der Waals surface area contributed by atoms with E-state index in [0.29, 0.717) is 0 Å². The normalized spacial score (nSPS) is 12.2. The molecule has 0 aliphatic carbocycles. The number of para-hydroxylation sites is 2. The minimum absolute atomic E-state index is 0.203. The lowest BCUT2D eigenvalue weighted by atomic mass is 9.97. The van der Waals surface area contributed by atoms with E-state index < -0.39 is 0 Å². The van der Waals surface area contributed by atoms with Gasteiger partial charge in [0.1, 0.15) is 0 Å². The molecule has 0 aliphatic heterocycles. The third kappa shape index (κ3) is 1.96. The highest BCUT2D eigenvalue weighted by Crippen LogP contribution is 2.15. The molecular weight excluding hydrogens is 188 g/mol. The van der Waals surface area contributed by atoms with Gasteiger partial charge in [-0.05, 0) is 22.3 Å². The van der Waals surface area contributed by atoms with E-state index >= 15 is 0 Å². The summed E-state index contributed by atoms with van der Waals surface area (Å²) in [5.41, 5.74) is 2.12. The van der Waals surface area contributed by atoms with Gasteiger partial charge in [0.2, 0.25) is 5.52 Å². The maximum absolute atomic E-state index is 9.68. The Kier molecular flexibility index (Phi) is 2.18. The second-order valence-electron chi connectivity index (χ2n) is 5.14. The van der Waals surface area contributed by atoms with Gasteiger partial charge in [-0.25, -0.2) is 4.57 Å². The van der Waals surface area contributed by atoms with Crippen molar-refractivity contribution < 1.29 is 9.77 Å². The first kappa shape index (κ1) is 10.0. The quantitative estimate of drug-likeness (QED) is 0.561. The van der Waals surface area contributed by atoms with Crippen LogP contribution in [0.25, 0.3) is 11.0 Å². The van der Waals surface area contributed by atoms with E-state index in [4.69, 9.17) is 0 Å². The molecule has 15 heavy (non-hydrogen) atoms. The third-order valence-corrected chi connectivity index (χ3v) is 2.33. The van der Waals surface area contributed by atoms with Crippen molar-refractivity contribution in [2.24, 2.45) is 5.41 Å². The van der Waals surface area contributed by atoms with Crippen molar-refractivity contribution in [1.29, 1.82) is 0 Å². The molecule has 80 valence electrons. The van der Waals surface area contributed by atoms with E-state index in [1.807, 2.05) is 24.3 Å². The van der Waals surface area contributed by atoms with Gasteiger partial charge in [0, 0.05) is 0 Å². The van der Waals surface area contributed by atoms with Crippen molar-refractivity contribution >= 4 is 11.0 Å². The molecule has 2 rings (SSSR count). The van der Waals surface area contributed by atoms with Gasteiger partial charge in [0.15, 0.2) is 5.52 Å². The molecule has 0 saturated heterocycles. The number of fused-ring (bicyclic) bond motifs is 1. The second-order valence-corrected chi connectivity index (χ2v) is 5.14. The fourth-order valence-electron chi connectivity index (χ4n) is 1.79. The second kappa shape index (κ2) is 3.26. The van der Waals surface area contributed by atoms with Gasteiger partial charge in [0.05, 0.1) is 6.54 Å². The zero-order chi connectivity index (χ0) is 11.1. The average Bonchev–Trinajstić information content (AvgIpc) is 2.42. The Morgan fingerprint density at radius 1 is 1.27 bits per heavy atom. The zero-order valence-electron chi connectivity index (χ0n) is 9.44. The van der Waals surface area contributed by atoms with E-state index in [-0.39, 0.29) is 5.41 Å². The molecule has 0 spiro atoms. The SMILES string of the molecule is CC(C)(C)C[n+]1cn(O)c2ccccc21. The van der Waals surface area contributed by atoms with Crippen LogP contribution in [0.5, 0.6) is 0 Å². The summed E-state index contributed by atoms with van der Waals surface area (Å²) < 4.78 is 3.26. The average molecular weight is 205 g/mol. The Morgan fingerprint density at radius 3 is 2.60 bits per heavy atom. The number of imidazole rings is 1. The summed E-state index contributed by atoms with van der Waals surface area (Å²) in [6.07, 6.45) is 1.73. The predicted molar refractivity (Wildman–Crippen MR) is 58.8 cm³/mol. The van der Waals surface area contributed by atoms with Crippen LogP contribution in [0.4, 0.5) is 0 Å². The molecular formula is C12H17N2O+. The molecule has 0 radical (unpaired) electrons. The summed E-state index contributed by atoms with van der Waals surface area (Å²) >= 11 is 0. The smallest absolute Gasteiger partial charge is 0.285 e. The molecule has 1 heterocycles. The first-order chi connectivity index (χ1) is 6.97. The van der Waals surface area contributed by atoms with Crippen LogP contribution in [-0.2, 0) is 6.54 Å².